The van der Waals surface area contributed by atoms with Crippen molar-refractivity contribution in [2.24, 2.45) is 0 Å². The third kappa shape index (κ3) is 2.02. The van der Waals surface area contributed by atoms with Gasteiger partial charge in [0.25, 0.3) is 0 Å². The van der Waals surface area contributed by atoms with Crippen molar-refractivity contribution >= 4 is 33.7 Å². The Bertz CT molecular complexity index is 1050. The van der Waals surface area contributed by atoms with Crippen molar-refractivity contribution in [2.45, 2.75) is 0 Å². The summed E-state index contributed by atoms with van der Waals surface area (Å²) in [7, 11) is 1.35. The van der Waals surface area contributed by atoms with Crippen LogP contribution in [-0.4, -0.2) is 33.2 Å². The minimum atomic E-state index is -0.427. The largest absolute Gasteiger partial charge is 0.464 e. The quantitative estimate of drug-likeness (QED) is 0.493. The smallest absolute Gasteiger partial charge is 0.354 e. The minimum absolute atomic E-state index is 0.367. The number of fused-ring (bicyclic) bond motifs is 2. The molecule has 23 heavy (non-hydrogen) atoms. The fraction of sp³-hybridized carbons (Fsp3) is 0.0625. The Morgan fingerprint density at radius 1 is 1.22 bits per heavy atom. The van der Waals surface area contributed by atoms with Gasteiger partial charge in [-0.25, -0.2) is 9.78 Å². The summed E-state index contributed by atoms with van der Waals surface area (Å²) in [5.41, 5.74) is 9.66. The van der Waals surface area contributed by atoms with Gasteiger partial charge in [0.05, 0.1) is 12.6 Å². The minimum Gasteiger partial charge on any atom is -0.464 e. The van der Waals surface area contributed by atoms with E-state index in [0.717, 1.165) is 27.4 Å². The lowest BCUT2D eigenvalue weighted by Gasteiger charge is -2.03. The number of hydrogen-bond acceptors (Lipinski definition) is 5. The first kappa shape index (κ1) is 13.3. The van der Waals surface area contributed by atoms with Gasteiger partial charge in [0.15, 0.2) is 5.82 Å². The first-order valence-corrected chi connectivity index (χ1v) is 6.97. The van der Waals surface area contributed by atoms with Crippen LogP contribution in [-0.2, 0) is 4.74 Å². The number of aromatic nitrogens is 4. The number of hydrogen-bond donors (Lipinski definition) is 3. The second kappa shape index (κ2) is 4.84. The van der Waals surface area contributed by atoms with Crippen LogP contribution in [0.4, 0.5) is 5.82 Å². The second-order valence-corrected chi connectivity index (χ2v) is 5.16. The number of nitrogen functional groups attached to an aromatic ring is 1. The monoisotopic (exact) mass is 307 g/mol. The Balaban J connectivity index is 1.94. The average Bonchev–Trinajstić information content (AvgIpc) is 3.17. The summed E-state index contributed by atoms with van der Waals surface area (Å²) in [6.07, 6.45) is 1.69. The number of aromatic amines is 2. The van der Waals surface area contributed by atoms with Crippen molar-refractivity contribution in [2.75, 3.05) is 12.8 Å². The zero-order valence-electron chi connectivity index (χ0n) is 12.3. The molecule has 0 aliphatic carbocycles. The maximum atomic E-state index is 11.7. The number of benzene rings is 1. The number of methoxy groups -OCH3 is 1. The normalized spacial score (nSPS) is 11.2. The number of carbonyl (C=O) groups excluding carboxylic acids is 1. The third-order valence-corrected chi connectivity index (χ3v) is 3.84. The van der Waals surface area contributed by atoms with E-state index in [9.17, 15) is 4.79 Å². The van der Waals surface area contributed by atoms with E-state index in [2.05, 4.69) is 20.2 Å². The molecule has 4 aromatic rings. The number of carbonyl (C=O) groups is 1. The lowest BCUT2D eigenvalue weighted by atomic mass is 10.0. The summed E-state index contributed by atoms with van der Waals surface area (Å²) in [6, 6.07) is 9.50. The highest BCUT2D eigenvalue weighted by atomic mass is 16.5. The molecule has 0 aliphatic heterocycles. The number of pyridine rings is 1. The van der Waals surface area contributed by atoms with E-state index in [1.54, 1.807) is 12.3 Å². The van der Waals surface area contributed by atoms with Crippen molar-refractivity contribution in [3.8, 4) is 11.1 Å². The molecule has 0 atom stereocenters. The second-order valence-electron chi connectivity index (χ2n) is 5.16. The van der Waals surface area contributed by atoms with Crippen molar-refractivity contribution in [1.29, 1.82) is 0 Å². The van der Waals surface area contributed by atoms with Crippen molar-refractivity contribution in [3.63, 3.8) is 0 Å². The number of nitrogens with zero attached hydrogens (tertiary/aromatic N) is 2. The highest BCUT2D eigenvalue weighted by Crippen LogP contribution is 2.31. The van der Waals surface area contributed by atoms with Crippen LogP contribution in [0.5, 0.6) is 0 Å². The molecule has 3 aromatic heterocycles. The fourth-order valence-electron chi connectivity index (χ4n) is 2.70. The van der Waals surface area contributed by atoms with Gasteiger partial charge >= 0.3 is 5.97 Å². The molecule has 4 rings (SSSR count). The zero-order valence-corrected chi connectivity index (χ0v) is 12.3. The van der Waals surface area contributed by atoms with E-state index in [1.165, 1.54) is 7.11 Å². The molecule has 3 heterocycles. The first-order valence-electron chi connectivity index (χ1n) is 6.97. The van der Waals surface area contributed by atoms with Crippen LogP contribution >= 0.6 is 0 Å². The van der Waals surface area contributed by atoms with E-state index >= 15 is 0 Å². The zero-order chi connectivity index (χ0) is 16.0. The molecule has 0 bridgehead atoms. The van der Waals surface area contributed by atoms with E-state index in [-0.39, 0.29) is 0 Å². The summed E-state index contributed by atoms with van der Waals surface area (Å²) in [4.78, 5) is 18.9. The van der Waals surface area contributed by atoms with Gasteiger partial charge in [-0.1, -0.05) is 6.07 Å². The average molecular weight is 307 g/mol. The number of anilines is 1. The number of nitrogens with two attached hydrogens (primary N) is 1. The van der Waals surface area contributed by atoms with Crippen LogP contribution in [0, 0.1) is 0 Å². The maximum Gasteiger partial charge on any atom is 0.354 e. The molecule has 7 heteroatoms. The Morgan fingerprint density at radius 3 is 2.91 bits per heavy atom. The molecule has 0 saturated heterocycles. The number of rotatable bonds is 2. The van der Waals surface area contributed by atoms with Crippen LogP contribution < -0.4 is 5.73 Å². The van der Waals surface area contributed by atoms with Crippen LogP contribution in [0.3, 0.4) is 0 Å². The van der Waals surface area contributed by atoms with E-state index in [0.29, 0.717) is 17.2 Å². The maximum absolute atomic E-state index is 11.7. The van der Waals surface area contributed by atoms with E-state index in [4.69, 9.17) is 10.5 Å². The molecule has 0 aliphatic rings. The van der Waals surface area contributed by atoms with Crippen molar-refractivity contribution in [1.82, 2.24) is 20.2 Å². The summed E-state index contributed by atoms with van der Waals surface area (Å²) < 4.78 is 4.75. The molecule has 1 aromatic carbocycles. The standard InChI is InChI=1S/C16H13N5O2/c1-23-16(22)13-7-10-9(4-5-18-15(10)19-13)8-2-3-12-11(6-8)14(17)21-20-12/h2-7H,1H3,(H,18,19)(H3,17,20,21). The molecule has 0 unspecified atom stereocenters. The molecule has 114 valence electrons. The van der Waals surface area contributed by atoms with Gasteiger partial charge in [0.1, 0.15) is 11.3 Å². The van der Waals surface area contributed by atoms with Gasteiger partial charge in [-0.2, -0.15) is 5.10 Å². The van der Waals surface area contributed by atoms with Crippen molar-refractivity contribution < 1.29 is 9.53 Å². The lowest BCUT2D eigenvalue weighted by Crippen LogP contribution is -2.00. The van der Waals surface area contributed by atoms with Gasteiger partial charge in [-0.15, -0.1) is 0 Å². The van der Waals surface area contributed by atoms with Crippen LogP contribution in [0.1, 0.15) is 10.5 Å². The predicted molar refractivity (Wildman–Crippen MR) is 86.9 cm³/mol. The Hall–Kier alpha value is -3.35. The number of ether oxygens (including phenoxy) is 1. The van der Waals surface area contributed by atoms with Gasteiger partial charge in [0.2, 0.25) is 0 Å². The summed E-state index contributed by atoms with van der Waals surface area (Å²) in [5.74, 6) is 0.0277. The van der Waals surface area contributed by atoms with Gasteiger partial charge in [0, 0.05) is 17.0 Å². The molecule has 0 radical (unpaired) electrons. The topological polar surface area (TPSA) is 110 Å². The SMILES string of the molecule is COC(=O)c1cc2c(-c3ccc4[nH]nc(N)c4c3)ccnc2[nH]1. The number of H-pyrrole nitrogens is 2. The first-order chi connectivity index (χ1) is 11.2. The molecular weight excluding hydrogens is 294 g/mol. The van der Waals surface area contributed by atoms with Crippen LogP contribution in [0.25, 0.3) is 33.1 Å². The van der Waals surface area contributed by atoms with Gasteiger partial charge in [-0.05, 0) is 35.4 Å². The highest BCUT2D eigenvalue weighted by molar-refractivity contribution is 6.01. The number of esters is 1. The van der Waals surface area contributed by atoms with Gasteiger partial charge in [-0.3, -0.25) is 5.10 Å². The summed E-state index contributed by atoms with van der Waals surface area (Å²) in [5, 5.41) is 8.58. The van der Waals surface area contributed by atoms with E-state index < -0.39 is 5.97 Å². The molecule has 0 spiro atoms. The Kier molecular flexibility index (Phi) is 2.80. The lowest BCUT2D eigenvalue weighted by molar-refractivity contribution is 0.0595. The molecule has 0 saturated carbocycles. The summed E-state index contributed by atoms with van der Waals surface area (Å²) >= 11 is 0. The molecule has 7 nitrogen and oxygen atoms in total. The number of nitrogens with one attached hydrogen (secondary N) is 2. The Morgan fingerprint density at radius 2 is 2.09 bits per heavy atom. The van der Waals surface area contributed by atoms with Crippen LogP contribution in [0.15, 0.2) is 36.5 Å². The van der Waals surface area contributed by atoms with E-state index in [1.807, 2.05) is 24.3 Å². The van der Waals surface area contributed by atoms with Crippen LogP contribution in [0.2, 0.25) is 0 Å². The van der Waals surface area contributed by atoms with Crippen molar-refractivity contribution in [3.05, 3.63) is 42.2 Å². The molecule has 4 N–H and O–H groups in total. The fourth-order valence-corrected chi connectivity index (χ4v) is 2.70. The predicted octanol–water partition coefficient (Wildman–Crippen LogP) is 2.47. The molecule has 0 amide bonds. The third-order valence-electron chi connectivity index (χ3n) is 3.84. The summed E-state index contributed by atoms with van der Waals surface area (Å²) in [6.45, 7) is 0. The molecular formula is C16H13N5O2. The Labute approximate surface area is 130 Å². The molecule has 0 fully saturated rings. The van der Waals surface area contributed by atoms with Gasteiger partial charge < -0.3 is 15.5 Å². The highest BCUT2D eigenvalue weighted by Gasteiger charge is 2.14.